The number of aryl methyl sites for hydroxylation is 2. The van der Waals surface area contributed by atoms with Crippen LogP contribution in [0.15, 0.2) is 75.6 Å². The molecule has 0 spiro atoms. The Bertz CT molecular complexity index is 1300. The second-order valence-electron chi connectivity index (χ2n) is 8.15. The standard InChI is InChI=1S/C27H24N4O3/c1-4-13-32-23-15-21(26-30-28-24(33-26)19-9-5-17(2)6-10-19)14-22(16-23)27-31-29-25(34-27)20-11-7-18(3)8-12-20/h5-12,14-16H,4,13H2,1-3H3. The molecule has 2 heterocycles. The number of rotatable bonds is 7. The number of nitrogens with zero attached hydrogens (tertiary/aromatic N) is 4. The zero-order valence-electron chi connectivity index (χ0n) is 19.3. The van der Waals surface area contributed by atoms with Gasteiger partial charge < -0.3 is 13.6 Å². The highest BCUT2D eigenvalue weighted by atomic mass is 16.5. The molecule has 0 aliphatic carbocycles. The van der Waals surface area contributed by atoms with E-state index in [2.05, 4.69) is 27.3 Å². The molecule has 0 aliphatic heterocycles. The van der Waals surface area contributed by atoms with E-state index in [1.807, 2.05) is 80.6 Å². The summed E-state index contributed by atoms with van der Waals surface area (Å²) >= 11 is 0. The van der Waals surface area contributed by atoms with Gasteiger partial charge in [-0.2, -0.15) is 0 Å². The monoisotopic (exact) mass is 452 g/mol. The van der Waals surface area contributed by atoms with E-state index >= 15 is 0 Å². The van der Waals surface area contributed by atoms with Crippen molar-refractivity contribution in [2.24, 2.45) is 0 Å². The van der Waals surface area contributed by atoms with Crippen LogP contribution in [-0.4, -0.2) is 27.0 Å². The van der Waals surface area contributed by atoms with Crippen LogP contribution < -0.4 is 4.74 Å². The Balaban J connectivity index is 1.51. The van der Waals surface area contributed by atoms with Crippen LogP contribution in [0, 0.1) is 13.8 Å². The lowest BCUT2D eigenvalue weighted by Gasteiger charge is -2.07. The summed E-state index contributed by atoms with van der Waals surface area (Å²) in [5.41, 5.74) is 5.48. The van der Waals surface area contributed by atoms with Crippen LogP contribution in [0.1, 0.15) is 24.5 Å². The smallest absolute Gasteiger partial charge is 0.248 e. The Morgan fingerprint density at radius 2 is 1.00 bits per heavy atom. The summed E-state index contributed by atoms with van der Waals surface area (Å²) in [5.74, 6) is 2.35. The molecule has 0 unspecified atom stereocenters. The van der Waals surface area contributed by atoms with Crippen LogP contribution in [0.5, 0.6) is 5.75 Å². The molecule has 3 aromatic carbocycles. The van der Waals surface area contributed by atoms with Gasteiger partial charge in [0.2, 0.25) is 23.6 Å². The third kappa shape index (κ3) is 4.59. The zero-order valence-corrected chi connectivity index (χ0v) is 19.3. The van der Waals surface area contributed by atoms with Gasteiger partial charge in [-0.15, -0.1) is 20.4 Å². The molecular formula is C27H24N4O3. The summed E-state index contributed by atoms with van der Waals surface area (Å²) in [5, 5.41) is 17.0. The second-order valence-corrected chi connectivity index (χ2v) is 8.15. The van der Waals surface area contributed by atoms with Gasteiger partial charge in [0.1, 0.15) is 5.75 Å². The molecule has 0 amide bonds. The quantitative estimate of drug-likeness (QED) is 0.277. The molecule has 0 N–H and O–H groups in total. The minimum Gasteiger partial charge on any atom is -0.494 e. The molecule has 7 nitrogen and oxygen atoms in total. The first-order valence-corrected chi connectivity index (χ1v) is 11.2. The molecule has 0 saturated heterocycles. The van der Waals surface area contributed by atoms with Gasteiger partial charge in [0.15, 0.2) is 0 Å². The fourth-order valence-electron chi connectivity index (χ4n) is 3.45. The number of benzene rings is 3. The minimum atomic E-state index is 0.386. The molecule has 0 saturated carbocycles. The molecule has 0 bridgehead atoms. The van der Waals surface area contributed by atoms with Crippen LogP contribution >= 0.6 is 0 Å². The maximum atomic E-state index is 5.99. The Hall–Kier alpha value is -4.26. The number of hydrogen-bond acceptors (Lipinski definition) is 7. The van der Waals surface area contributed by atoms with E-state index < -0.39 is 0 Å². The third-order valence-corrected chi connectivity index (χ3v) is 5.32. The van der Waals surface area contributed by atoms with Gasteiger partial charge >= 0.3 is 0 Å². The summed E-state index contributed by atoms with van der Waals surface area (Å²) in [6, 6.07) is 21.5. The fourth-order valence-corrected chi connectivity index (χ4v) is 3.45. The Morgan fingerprint density at radius 1 is 0.588 bits per heavy atom. The highest BCUT2D eigenvalue weighted by Crippen LogP contribution is 2.33. The molecular weight excluding hydrogens is 428 g/mol. The predicted molar refractivity (Wildman–Crippen MR) is 129 cm³/mol. The lowest BCUT2D eigenvalue weighted by Crippen LogP contribution is -1.96. The molecule has 5 aromatic rings. The fraction of sp³-hybridized carbons (Fsp3) is 0.185. The van der Waals surface area contributed by atoms with Gasteiger partial charge in [-0.25, -0.2) is 0 Å². The highest BCUT2D eigenvalue weighted by Gasteiger charge is 2.17. The lowest BCUT2D eigenvalue weighted by molar-refractivity contribution is 0.317. The Labute approximate surface area is 197 Å². The average Bonchev–Trinajstić information content (AvgIpc) is 3.54. The first-order chi connectivity index (χ1) is 16.6. The van der Waals surface area contributed by atoms with Gasteiger partial charge in [0, 0.05) is 22.3 Å². The second kappa shape index (κ2) is 9.31. The van der Waals surface area contributed by atoms with Gasteiger partial charge in [-0.1, -0.05) is 42.3 Å². The van der Waals surface area contributed by atoms with Crippen LogP contribution in [-0.2, 0) is 0 Å². The van der Waals surface area contributed by atoms with E-state index in [9.17, 15) is 0 Å². The van der Waals surface area contributed by atoms with Gasteiger partial charge in [0.25, 0.3) is 0 Å². The molecule has 0 atom stereocenters. The summed E-state index contributed by atoms with van der Waals surface area (Å²) in [7, 11) is 0. The summed E-state index contributed by atoms with van der Waals surface area (Å²) < 4.78 is 17.9. The zero-order chi connectivity index (χ0) is 23.5. The minimum absolute atomic E-state index is 0.386. The largest absolute Gasteiger partial charge is 0.494 e. The van der Waals surface area contributed by atoms with Crippen LogP contribution in [0.25, 0.3) is 45.8 Å². The van der Waals surface area contributed by atoms with Gasteiger partial charge in [-0.3, -0.25) is 0 Å². The van der Waals surface area contributed by atoms with Crippen LogP contribution in [0.2, 0.25) is 0 Å². The van der Waals surface area contributed by atoms with Crippen LogP contribution in [0.3, 0.4) is 0 Å². The first kappa shape index (κ1) is 21.6. The van der Waals surface area contributed by atoms with Gasteiger partial charge in [-0.05, 0) is 62.7 Å². The van der Waals surface area contributed by atoms with Gasteiger partial charge in [0.05, 0.1) is 6.61 Å². The molecule has 5 rings (SSSR count). The molecule has 7 heteroatoms. The van der Waals surface area contributed by atoms with E-state index in [0.717, 1.165) is 17.5 Å². The molecule has 170 valence electrons. The van der Waals surface area contributed by atoms with Crippen molar-refractivity contribution in [2.45, 2.75) is 27.2 Å². The van der Waals surface area contributed by atoms with E-state index in [0.29, 0.717) is 47.0 Å². The average molecular weight is 453 g/mol. The highest BCUT2D eigenvalue weighted by molar-refractivity contribution is 5.69. The van der Waals surface area contributed by atoms with E-state index in [4.69, 9.17) is 13.6 Å². The van der Waals surface area contributed by atoms with Crippen molar-refractivity contribution in [3.8, 4) is 51.6 Å². The molecule has 34 heavy (non-hydrogen) atoms. The molecule has 2 aromatic heterocycles. The molecule has 0 aliphatic rings. The third-order valence-electron chi connectivity index (χ3n) is 5.32. The van der Waals surface area contributed by atoms with E-state index in [1.165, 1.54) is 11.1 Å². The van der Waals surface area contributed by atoms with Crippen molar-refractivity contribution < 1.29 is 13.6 Å². The summed E-state index contributed by atoms with van der Waals surface area (Å²) in [6.07, 6.45) is 0.885. The number of hydrogen-bond donors (Lipinski definition) is 0. The SMILES string of the molecule is CCCOc1cc(-c2nnc(-c3ccc(C)cc3)o2)cc(-c2nnc(-c3ccc(C)cc3)o2)c1. The topological polar surface area (TPSA) is 87.1 Å². The molecule has 0 fully saturated rings. The van der Waals surface area contributed by atoms with Crippen LogP contribution in [0.4, 0.5) is 0 Å². The predicted octanol–water partition coefficient (Wildman–Crippen LogP) is 6.53. The van der Waals surface area contributed by atoms with Crippen molar-refractivity contribution in [1.82, 2.24) is 20.4 Å². The summed E-state index contributed by atoms with van der Waals surface area (Å²) in [4.78, 5) is 0. The number of aromatic nitrogens is 4. The van der Waals surface area contributed by atoms with Crippen molar-refractivity contribution in [3.05, 3.63) is 77.9 Å². The normalized spacial score (nSPS) is 11.0. The Kier molecular flexibility index (Phi) is 5.91. The maximum Gasteiger partial charge on any atom is 0.248 e. The summed E-state index contributed by atoms with van der Waals surface area (Å²) in [6.45, 7) is 6.71. The van der Waals surface area contributed by atoms with E-state index in [1.54, 1.807) is 0 Å². The van der Waals surface area contributed by atoms with Crippen molar-refractivity contribution >= 4 is 0 Å². The first-order valence-electron chi connectivity index (χ1n) is 11.2. The molecule has 0 radical (unpaired) electrons. The lowest BCUT2D eigenvalue weighted by atomic mass is 10.1. The van der Waals surface area contributed by atoms with E-state index in [-0.39, 0.29) is 0 Å². The van der Waals surface area contributed by atoms with Crippen molar-refractivity contribution in [3.63, 3.8) is 0 Å². The maximum absolute atomic E-state index is 5.99. The Morgan fingerprint density at radius 3 is 1.41 bits per heavy atom. The van der Waals surface area contributed by atoms with Crippen molar-refractivity contribution in [2.75, 3.05) is 6.61 Å². The van der Waals surface area contributed by atoms with Crippen molar-refractivity contribution in [1.29, 1.82) is 0 Å². The number of ether oxygens (including phenoxy) is 1.